The summed E-state index contributed by atoms with van der Waals surface area (Å²) in [6.07, 6.45) is 2.22. The lowest BCUT2D eigenvalue weighted by molar-refractivity contribution is 0.128. The first-order chi connectivity index (χ1) is 9.20. The van der Waals surface area contributed by atoms with E-state index in [1.54, 1.807) is 0 Å². The molecule has 2 aromatic rings. The van der Waals surface area contributed by atoms with Gasteiger partial charge >= 0.3 is 0 Å². The van der Waals surface area contributed by atoms with Gasteiger partial charge in [-0.2, -0.15) is 0 Å². The van der Waals surface area contributed by atoms with Crippen molar-refractivity contribution in [2.45, 2.75) is 18.9 Å². The van der Waals surface area contributed by atoms with Gasteiger partial charge in [0.2, 0.25) is 0 Å². The van der Waals surface area contributed by atoms with E-state index in [1.807, 2.05) is 24.3 Å². The van der Waals surface area contributed by atoms with Crippen LogP contribution in [0, 0.1) is 5.92 Å². The number of fused-ring (bicyclic) bond motifs is 4. The minimum Gasteiger partial charge on any atom is -0.485 e. The molecule has 2 aliphatic rings. The highest BCUT2D eigenvalue weighted by Gasteiger charge is 2.38. The van der Waals surface area contributed by atoms with Gasteiger partial charge in [0, 0.05) is 16.0 Å². The molecule has 0 aromatic heterocycles. The normalized spacial score (nSPS) is 23.3. The Bertz CT molecular complexity index is 657. The molecule has 1 aliphatic carbocycles. The largest absolute Gasteiger partial charge is 0.485 e. The van der Waals surface area contributed by atoms with E-state index in [2.05, 4.69) is 12.1 Å². The van der Waals surface area contributed by atoms with E-state index in [0.717, 1.165) is 28.6 Å². The number of hydrogen-bond acceptors (Lipinski definition) is 1. The third-order valence-electron chi connectivity index (χ3n) is 4.08. The summed E-state index contributed by atoms with van der Waals surface area (Å²) in [6, 6.07) is 12.0. The van der Waals surface area contributed by atoms with Crippen molar-refractivity contribution in [2.24, 2.45) is 5.92 Å². The number of halogens is 2. The first kappa shape index (κ1) is 11.6. The zero-order valence-corrected chi connectivity index (χ0v) is 11.7. The number of benzene rings is 2. The highest BCUT2D eigenvalue weighted by atomic mass is 35.5. The lowest BCUT2D eigenvalue weighted by atomic mass is 9.91. The average molecular weight is 291 g/mol. The van der Waals surface area contributed by atoms with E-state index in [1.165, 1.54) is 16.7 Å². The lowest BCUT2D eigenvalue weighted by Gasteiger charge is -2.29. The molecule has 96 valence electrons. The summed E-state index contributed by atoms with van der Waals surface area (Å²) in [6.45, 7) is 0. The lowest BCUT2D eigenvalue weighted by Crippen LogP contribution is -2.22. The van der Waals surface area contributed by atoms with E-state index in [4.69, 9.17) is 27.9 Å². The Kier molecular flexibility index (Phi) is 2.54. The van der Waals surface area contributed by atoms with Crippen LogP contribution in [0.25, 0.3) is 0 Å². The number of rotatable bonds is 0. The third-order valence-corrected chi connectivity index (χ3v) is 4.55. The Hall–Kier alpha value is -1.18. The van der Waals surface area contributed by atoms with Gasteiger partial charge in [-0.05, 0) is 59.9 Å². The van der Waals surface area contributed by atoms with E-state index >= 15 is 0 Å². The van der Waals surface area contributed by atoms with Gasteiger partial charge in [0.15, 0.2) is 0 Å². The number of ether oxygens (including phenoxy) is 1. The van der Waals surface area contributed by atoms with Crippen molar-refractivity contribution in [3.63, 3.8) is 0 Å². The van der Waals surface area contributed by atoms with Crippen LogP contribution in [0.15, 0.2) is 36.4 Å². The van der Waals surface area contributed by atoms with Gasteiger partial charge in [-0.15, -0.1) is 0 Å². The van der Waals surface area contributed by atoms with E-state index < -0.39 is 0 Å². The third kappa shape index (κ3) is 1.84. The molecule has 0 radical (unpaired) electrons. The van der Waals surface area contributed by atoms with Crippen molar-refractivity contribution in [1.29, 1.82) is 0 Å². The second-order valence-corrected chi connectivity index (χ2v) is 6.17. The van der Waals surface area contributed by atoms with Crippen molar-refractivity contribution in [1.82, 2.24) is 0 Å². The zero-order chi connectivity index (χ0) is 13.0. The van der Waals surface area contributed by atoms with Crippen LogP contribution in [-0.4, -0.2) is 0 Å². The Morgan fingerprint density at radius 2 is 1.58 bits per heavy atom. The van der Waals surface area contributed by atoms with Crippen LogP contribution in [-0.2, 0) is 12.8 Å². The predicted octanol–water partition coefficient (Wildman–Crippen LogP) is 4.84. The summed E-state index contributed by atoms with van der Waals surface area (Å²) in [5, 5.41) is 1.58. The number of hydrogen-bond donors (Lipinski definition) is 0. The standard InChI is InChI=1S/C16H12Cl2O/c17-12-1-3-14-9(7-12)5-11-6-10-8-13(18)2-4-15(10)19-16(11)14/h1-4,7-8,11,16H,5-6H2/t11-,16+/m0/s1. The Labute approximate surface area is 122 Å². The molecule has 0 amide bonds. The van der Waals surface area contributed by atoms with Crippen LogP contribution in [0.5, 0.6) is 5.75 Å². The van der Waals surface area contributed by atoms with Crippen molar-refractivity contribution < 1.29 is 4.74 Å². The molecule has 0 spiro atoms. The molecule has 1 aliphatic heterocycles. The van der Waals surface area contributed by atoms with Crippen LogP contribution >= 0.6 is 23.2 Å². The second kappa shape index (κ2) is 4.16. The second-order valence-electron chi connectivity index (χ2n) is 5.30. The van der Waals surface area contributed by atoms with Gasteiger partial charge < -0.3 is 4.74 Å². The topological polar surface area (TPSA) is 9.23 Å². The summed E-state index contributed by atoms with van der Waals surface area (Å²) >= 11 is 12.1. The molecule has 0 saturated carbocycles. The molecule has 4 rings (SSSR count). The van der Waals surface area contributed by atoms with Crippen LogP contribution in [0.1, 0.15) is 22.8 Å². The van der Waals surface area contributed by atoms with E-state index in [9.17, 15) is 0 Å². The molecule has 0 saturated heterocycles. The molecule has 3 heteroatoms. The van der Waals surface area contributed by atoms with Crippen molar-refractivity contribution in [3.05, 3.63) is 63.1 Å². The molecule has 0 fully saturated rings. The van der Waals surface area contributed by atoms with Crippen LogP contribution in [0.2, 0.25) is 10.0 Å². The van der Waals surface area contributed by atoms with Gasteiger partial charge in [-0.25, -0.2) is 0 Å². The van der Waals surface area contributed by atoms with Gasteiger partial charge in [-0.1, -0.05) is 29.3 Å². The maximum atomic E-state index is 6.18. The molecular weight excluding hydrogens is 279 g/mol. The van der Waals surface area contributed by atoms with Gasteiger partial charge in [0.05, 0.1) is 0 Å². The van der Waals surface area contributed by atoms with Crippen molar-refractivity contribution in [3.8, 4) is 5.75 Å². The van der Waals surface area contributed by atoms with Crippen molar-refractivity contribution >= 4 is 23.2 Å². The van der Waals surface area contributed by atoms with Crippen LogP contribution in [0.3, 0.4) is 0 Å². The minimum absolute atomic E-state index is 0.168. The fourth-order valence-corrected chi connectivity index (χ4v) is 3.64. The zero-order valence-electron chi connectivity index (χ0n) is 10.2. The predicted molar refractivity (Wildman–Crippen MR) is 77.2 cm³/mol. The quantitative estimate of drug-likeness (QED) is 0.674. The Morgan fingerprint density at radius 1 is 0.895 bits per heavy atom. The minimum atomic E-state index is 0.168. The fraction of sp³-hybridized carbons (Fsp3) is 0.250. The highest BCUT2D eigenvalue weighted by molar-refractivity contribution is 6.31. The maximum Gasteiger partial charge on any atom is 0.127 e. The Balaban J connectivity index is 1.76. The summed E-state index contributed by atoms with van der Waals surface area (Å²) in [7, 11) is 0. The SMILES string of the molecule is Clc1ccc2c(c1)C[C@@H]1Cc3cc(Cl)ccc3[C@@H]1O2. The highest BCUT2D eigenvalue weighted by Crippen LogP contribution is 2.46. The summed E-state index contributed by atoms with van der Waals surface area (Å²) < 4.78 is 6.18. The molecule has 0 bridgehead atoms. The molecule has 1 heterocycles. The maximum absolute atomic E-state index is 6.18. The van der Waals surface area contributed by atoms with Crippen LogP contribution < -0.4 is 4.74 Å². The van der Waals surface area contributed by atoms with Crippen molar-refractivity contribution in [2.75, 3.05) is 0 Å². The Morgan fingerprint density at radius 3 is 2.42 bits per heavy atom. The summed E-state index contributed by atoms with van der Waals surface area (Å²) in [5.74, 6) is 1.47. The molecule has 2 atom stereocenters. The summed E-state index contributed by atoms with van der Waals surface area (Å²) in [4.78, 5) is 0. The molecule has 2 aromatic carbocycles. The molecule has 0 unspecified atom stereocenters. The molecular formula is C16H12Cl2O. The van der Waals surface area contributed by atoms with E-state index in [-0.39, 0.29) is 6.10 Å². The fourth-order valence-electron chi connectivity index (χ4n) is 3.25. The molecule has 1 nitrogen and oxygen atoms in total. The first-order valence-electron chi connectivity index (χ1n) is 6.44. The van der Waals surface area contributed by atoms with E-state index in [0.29, 0.717) is 5.92 Å². The molecule has 0 N–H and O–H groups in total. The van der Waals surface area contributed by atoms with Crippen LogP contribution in [0.4, 0.5) is 0 Å². The smallest absolute Gasteiger partial charge is 0.127 e. The average Bonchev–Trinajstić information content (AvgIpc) is 2.72. The van der Waals surface area contributed by atoms with Gasteiger partial charge in [0.25, 0.3) is 0 Å². The molecule has 19 heavy (non-hydrogen) atoms. The summed E-state index contributed by atoms with van der Waals surface area (Å²) in [5.41, 5.74) is 3.82. The van der Waals surface area contributed by atoms with Gasteiger partial charge in [0.1, 0.15) is 11.9 Å². The monoisotopic (exact) mass is 290 g/mol. The van der Waals surface area contributed by atoms with Gasteiger partial charge in [-0.3, -0.25) is 0 Å². The first-order valence-corrected chi connectivity index (χ1v) is 7.20.